The lowest BCUT2D eigenvalue weighted by Crippen LogP contribution is -2.48. The molecule has 1 saturated heterocycles. The number of hydrogen-bond acceptors (Lipinski definition) is 4. The molecule has 102 valence electrons. The maximum atomic E-state index is 12.6. The topological polar surface area (TPSA) is 91.0 Å². The number of aromatic nitrogens is 3. The van der Waals surface area contributed by atoms with Crippen LogP contribution in [0.4, 0.5) is 5.82 Å². The lowest BCUT2D eigenvalue weighted by molar-refractivity contribution is -0.132. The molecule has 0 bridgehead atoms. The lowest BCUT2D eigenvalue weighted by Gasteiger charge is -2.32. The quantitative estimate of drug-likeness (QED) is 0.746. The third-order valence-electron chi connectivity index (χ3n) is 3.74. The number of amides is 2. The van der Waals surface area contributed by atoms with Crippen LogP contribution in [0.3, 0.4) is 0 Å². The Balaban J connectivity index is 1.80. The van der Waals surface area contributed by atoms with Gasteiger partial charge in [-0.2, -0.15) is 10.3 Å². The average Bonchev–Trinajstić information content (AvgIpc) is 2.84. The predicted octanol–water partition coefficient (Wildman–Crippen LogP) is -0.00140. The first-order chi connectivity index (χ1) is 9.15. The van der Waals surface area contributed by atoms with Gasteiger partial charge >= 0.3 is 0 Å². The van der Waals surface area contributed by atoms with E-state index in [1.54, 1.807) is 4.90 Å². The van der Waals surface area contributed by atoms with Crippen LogP contribution in [0.25, 0.3) is 0 Å². The van der Waals surface area contributed by atoms with E-state index in [0.29, 0.717) is 18.8 Å². The Kier molecular flexibility index (Phi) is 2.96. The lowest BCUT2D eigenvalue weighted by atomic mass is 9.91. The molecule has 19 heavy (non-hydrogen) atoms. The molecule has 1 aromatic heterocycles. The van der Waals surface area contributed by atoms with E-state index in [1.165, 1.54) is 0 Å². The number of carbonyl (C=O) groups is 2. The molecule has 0 unspecified atom stereocenters. The van der Waals surface area contributed by atoms with Crippen LogP contribution in [-0.4, -0.2) is 39.8 Å². The van der Waals surface area contributed by atoms with Crippen LogP contribution in [0.5, 0.6) is 0 Å². The normalized spacial score (nSPS) is 26.8. The first kappa shape index (κ1) is 12.1. The molecule has 2 N–H and O–H groups in total. The van der Waals surface area contributed by atoms with Crippen molar-refractivity contribution in [3.8, 4) is 0 Å². The third-order valence-corrected chi connectivity index (χ3v) is 3.74. The number of aromatic amines is 1. The highest BCUT2D eigenvalue weighted by molar-refractivity contribution is 5.97. The fourth-order valence-corrected chi connectivity index (χ4v) is 2.89. The van der Waals surface area contributed by atoms with Gasteiger partial charge in [0.2, 0.25) is 11.8 Å². The zero-order chi connectivity index (χ0) is 13.4. The molecule has 3 heterocycles. The summed E-state index contributed by atoms with van der Waals surface area (Å²) in [6.07, 6.45) is 2.69. The van der Waals surface area contributed by atoms with E-state index in [9.17, 15) is 9.59 Å². The van der Waals surface area contributed by atoms with Gasteiger partial charge in [-0.1, -0.05) is 0 Å². The number of carbonyl (C=O) groups excluding carboxylic acids is 2. The third kappa shape index (κ3) is 2.20. The van der Waals surface area contributed by atoms with Gasteiger partial charge < -0.3 is 5.32 Å². The molecule has 3 rings (SSSR count). The molecule has 1 fully saturated rings. The Bertz CT molecular complexity index is 512. The molecule has 0 aliphatic carbocycles. The van der Waals surface area contributed by atoms with Crippen LogP contribution in [-0.2, 0) is 16.0 Å². The van der Waals surface area contributed by atoms with Crippen molar-refractivity contribution >= 4 is 17.6 Å². The zero-order valence-corrected chi connectivity index (χ0v) is 10.8. The van der Waals surface area contributed by atoms with E-state index in [0.717, 1.165) is 18.5 Å². The van der Waals surface area contributed by atoms with Gasteiger partial charge in [-0.05, 0) is 26.2 Å². The monoisotopic (exact) mass is 263 g/mol. The van der Waals surface area contributed by atoms with Crippen molar-refractivity contribution in [1.29, 1.82) is 0 Å². The molecule has 2 aliphatic rings. The molecule has 7 nitrogen and oxygen atoms in total. The molecule has 0 saturated carbocycles. The first-order valence-corrected chi connectivity index (χ1v) is 6.65. The van der Waals surface area contributed by atoms with Crippen LogP contribution >= 0.6 is 0 Å². The number of rotatable bonds is 1. The Labute approximate surface area is 110 Å². The van der Waals surface area contributed by atoms with Gasteiger partial charge in [0.05, 0.1) is 0 Å². The minimum atomic E-state index is -0.244. The molecule has 7 heteroatoms. The molecule has 1 aromatic rings. The van der Waals surface area contributed by atoms with Crippen molar-refractivity contribution in [2.24, 2.45) is 5.92 Å². The van der Waals surface area contributed by atoms with Crippen LogP contribution in [0.1, 0.15) is 31.9 Å². The fraction of sp³-hybridized carbons (Fsp3) is 0.667. The summed E-state index contributed by atoms with van der Waals surface area (Å²) in [5.74, 6) is 0.340. The van der Waals surface area contributed by atoms with Crippen LogP contribution in [0.2, 0.25) is 0 Å². The second-order valence-corrected chi connectivity index (χ2v) is 5.29. The maximum Gasteiger partial charge on any atom is 0.231 e. The van der Waals surface area contributed by atoms with Gasteiger partial charge in [-0.3, -0.25) is 14.5 Å². The highest BCUT2D eigenvalue weighted by atomic mass is 16.2. The number of nitrogens with one attached hydrogen (secondary N) is 2. The van der Waals surface area contributed by atoms with Gasteiger partial charge in [0.25, 0.3) is 0 Å². The number of H-pyrrole nitrogens is 1. The fourth-order valence-electron chi connectivity index (χ4n) is 2.89. The first-order valence-electron chi connectivity index (χ1n) is 6.65. The van der Waals surface area contributed by atoms with E-state index < -0.39 is 0 Å². The molecular formula is C12H17N5O2. The van der Waals surface area contributed by atoms with Crippen molar-refractivity contribution < 1.29 is 9.59 Å². The van der Waals surface area contributed by atoms with Crippen molar-refractivity contribution in [2.45, 2.75) is 38.6 Å². The second-order valence-electron chi connectivity index (χ2n) is 5.29. The van der Waals surface area contributed by atoms with E-state index >= 15 is 0 Å². The van der Waals surface area contributed by atoms with E-state index in [1.807, 2.05) is 6.92 Å². The number of anilines is 1. The second kappa shape index (κ2) is 4.64. The minimum absolute atomic E-state index is 0.00319. The number of piperidine rings is 1. The van der Waals surface area contributed by atoms with Crippen molar-refractivity contribution in [2.75, 3.05) is 11.4 Å². The van der Waals surface area contributed by atoms with E-state index in [-0.39, 0.29) is 30.2 Å². The van der Waals surface area contributed by atoms with Crippen molar-refractivity contribution in [3.05, 3.63) is 5.69 Å². The van der Waals surface area contributed by atoms with Crippen LogP contribution in [0.15, 0.2) is 0 Å². The number of nitrogens with zero attached hydrogens (tertiary/aromatic N) is 3. The standard InChI is InChI=1S/C12H17N5O2/c1-7-5-8(6-10(18)13-7)12(19)17-4-2-3-9-11(17)15-16-14-9/h7-8H,2-6H2,1H3,(H,13,18)(H,14,15,16)/t7-,8+/m1/s1. The summed E-state index contributed by atoms with van der Waals surface area (Å²) >= 11 is 0. The van der Waals surface area contributed by atoms with Crippen LogP contribution < -0.4 is 10.2 Å². The van der Waals surface area contributed by atoms with Crippen LogP contribution in [0, 0.1) is 5.92 Å². The Hall–Kier alpha value is -1.92. The molecule has 2 amide bonds. The minimum Gasteiger partial charge on any atom is -0.354 e. The Morgan fingerprint density at radius 2 is 2.26 bits per heavy atom. The number of aryl methyl sites for hydroxylation is 1. The maximum absolute atomic E-state index is 12.6. The van der Waals surface area contributed by atoms with E-state index in [4.69, 9.17) is 0 Å². The average molecular weight is 263 g/mol. The number of hydrogen-bond donors (Lipinski definition) is 2. The zero-order valence-electron chi connectivity index (χ0n) is 10.8. The predicted molar refractivity (Wildman–Crippen MR) is 67.4 cm³/mol. The highest BCUT2D eigenvalue weighted by Crippen LogP contribution is 2.27. The SMILES string of the molecule is C[C@@H]1C[C@H](C(=O)N2CCCc3n[nH]nc32)CC(=O)N1. The van der Waals surface area contributed by atoms with Gasteiger partial charge in [0, 0.05) is 24.9 Å². The largest absolute Gasteiger partial charge is 0.354 e. The molecule has 2 atom stereocenters. The summed E-state index contributed by atoms with van der Waals surface area (Å²) in [5.41, 5.74) is 0.841. The smallest absolute Gasteiger partial charge is 0.231 e. The Morgan fingerprint density at radius 1 is 1.42 bits per heavy atom. The van der Waals surface area contributed by atoms with Crippen molar-refractivity contribution in [3.63, 3.8) is 0 Å². The summed E-state index contributed by atoms with van der Waals surface area (Å²) < 4.78 is 0. The summed E-state index contributed by atoms with van der Waals surface area (Å²) in [6, 6.07) is 0.0526. The molecule has 2 aliphatic heterocycles. The summed E-state index contributed by atoms with van der Waals surface area (Å²) in [7, 11) is 0. The summed E-state index contributed by atoms with van der Waals surface area (Å²) in [5, 5.41) is 13.5. The molecule has 0 radical (unpaired) electrons. The molecule has 0 spiro atoms. The summed E-state index contributed by atoms with van der Waals surface area (Å²) in [4.78, 5) is 25.8. The van der Waals surface area contributed by atoms with Gasteiger partial charge in [-0.25, -0.2) is 0 Å². The summed E-state index contributed by atoms with van der Waals surface area (Å²) in [6.45, 7) is 2.58. The molecule has 0 aromatic carbocycles. The van der Waals surface area contributed by atoms with Gasteiger partial charge in [0.1, 0.15) is 5.69 Å². The number of fused-ring (bicyclic) bond motifs is 1. The Morgan fingerprint density at radius 3 is 3.05 bits per heavy atom. The van der Waals surface area contributed by atoms with Gasteiger partial charge in [0.15, 0.2) is 5.82 Å². The highest BCUT2D eigenvalue weighted by Gasteiger charge is 2.35. The van der Waals surface area contributed by atoms with Crippen molar-refractivity contribution in [1.82, 2.24) is 20.7 Å². The van der Waals surface area contributed by atoms with Gasteiger partial charge in [-0.15, -0.1) is 5.10 Å². The van der Waals surface area contributed by atoms with E-state index in [2.05, 4.69) is 20.7 Å². The molecular weight excluding hydrogens is 246 g/mol.